The highest BCUT2D eigenvalue weighted by Gasteiger charge is 2.16. The number of nitrogens with one attached hydrogen (secondary N) is 2. The highest BCUT2D eigenvalue weighted by atomic mass is 16.5. The Morgan fingerprint density at radius 3 is 2.87 bits per heavy atom. The number of aromatic amines is 1. The average molecular weight is 314 g/mol. The molecule has 23 heavy (non-hydrogen) atoms. The molecule has 120 valence electrons. The molecule has 0 aliphatic carbocycles. The monoisotopic (exact) mass is 314 g/mol. The van der Waals surface area contributed by atoms with Gasteiger partial charge in [-0.15, -0.1) is 0 Å². The molecule has 6 nitrogen and oxygen atoms in total. The summed E-state index contributed by atoms with van der Waals surface area (Å²) >= 11 is 0. The third kappa shape index (κ3) is 3.22. The molecule has 2 aromatic heterocycles. The maximum Gasteiger partial charge on any atom is 0.267 e. The van der Waals surface area contributed by atoms with Crippen molar-refractivity contribution < 1.29 is 18.7 Å². The van der Waals surface area contributed by atoms with Gasteiger partial charge in [-0.2, -0.15) is 0 Å². The Bertz CT molecular complexity index is 792. The van der Waals surface area contributed by atoms with Crippen LogP contribution in [0.25, 0.3) is 10.9 Å². The van der Waals surface area contributed by atoms with E-state index in [2.05, 4.69) is 10.3 Å². The second-order valence-electron chi connectivity index (χ2n) is 5.09. The van der Waals surface area contributed by atoms with E-state index in [4.69, 9.17) is 13.9 Å². The van der Waals surface area contributed by atoms with Crippen LogP contribution in [0.2, 0.25) is 0 Å². The second kappa shape index (κ2) is 6.58. The maximum absolute atomic E-state index is 12.3. The Hall–Kier alpha value is -2.73. The number of H-pyrrole nitrogens is 1. The van der Waals surface area contributed by atoms with Gasteiger partial charge in [0.15, 0.2) is 0 Å². The molecule has 0 saturated carbocycles. The van der Waals surface area contributed by atoms with Crippen molar-refractivity contribution in [3.63, 3.8) is 0 Å². The standard InChI is InChI=1S/C17H18N2O4/c1-21-12-6-5-11-8-14(19-13(11)9-12)17(20)18-10-16(22-2)15-4-3-7-23-15/h3-9,16,19H,10H2,1-2H3,(H,18,20). The predicted molar refractivity (Wildman–Crippen MR) is 85.6 cm³/mol. The Balaban J connectivity index is 1.70. The number of carbonyl (C=O) groups is 1. The molecule has 0 aliphatic heterocycles. The van der Waals surface area contributed by atoms with Crippen LogP contribution in [0.1, 0.15) is 22.4 Å². The number of hydrogen-bond acceptors (Lipinski definition) is 4. The van der Waals surface area contributed by atoms with E-state index in [0.717, 1.165) is 16.7 Å². The molecule has 0 bridgehead atoms. The highest BCUT2D eigenvalue weighted by molar-refractivity contribution is 5.98. The molecule has 2 N–H and O–H groups in total. The van der Waals surface area contributed by atoms with Crippen molar-refractivity contribution in [2.45, 2.75) is 6.10 Å². The molecule has 3 rings (SSSR count). The third-order valence-corrected chi connectivity index (χ3v) is 3.67. The van der Waals surface area contributed by atoms with E-state index in [1.54, 1.807) is 32.6 Å². The van der Waals surface area contributed by atoms with Crippen molar-refractivity contribution in [2.75, 3.05) is 20.8 Å². The lowest BCUT2D eigenvalue weighted by atomic mass is 10.2. The molecule has 0 spiro atoms. The molecule has 2 heterocycles. The largest absolute Gasteiger partial charge is 0.497 e. The summed E-state index contributed by atoms with van der Waals surface area (Å²) in [5.41, 5.74) is 1.34. The topological polar surface area (TPSA) is 76.5 Å². The number of amides is 1. The van der Waals surface area contributed by atoms with Crippen LogP contribution in [0.3, 0.4) is 0 Å². The quantitative estimate of drug-likeness (QED) is 0.733. The van der Waals surface area contributed by atoms with Crippen molar-refractivity contribution in [1.82, 2.24) is 10.3 Å². The van der Waals surface area contributed by atoms with E-state index in [0.29, 0.717) is 18.0 Å². The fraction of sp³-hybridized carbons (Fsp3) is 0.235. The smallest absolute Gasteiger partial charge is 0.267 e. The van der Waals surface area contributed by atoms with E-state index >= 15 is 0 Å². The molecule has 3 aromatic rings. The lowest BCUT2D eigenvalue weighted by Crippen LogP contribution is -2.29. The van der Waals surface area contributed by atoms with Gasteiger partial charge >= 0.3 is 0 Å². The first-order valence-electron chi connectivity index (χ1n) is 7.22. The van der Waals surface area contributed by atoms with Crippen molar-refractivity contribution >= 4 is 16.8 Å². The Labute approximate surface area is 133 Å². The number of ether oxygens (including phenoxy) is 2. The van der Waals surface area contributed by atoms with Crippen LogP contribution >= 0.6 is 0 Å². The van der Waals surface area contributed by atoms with Gasteiger partial charge in [0.2, 0.25) is 0 Å². The lowest BCUT2D eigenvalue weighted by Gasteiger charge is -2.13. The zero-order chi connectivity index (χ0) is 16.2. The van der Waals surface area contributed by atoms with Crippen LogP contribution in [0, 0.1) is 0 Å². The molecule has 6 heteroatoms. The lowest BCUT2D eigenvalue weighted by molar-refractivity contribution is 0.0736. The van der Waals surface area contributed by atoms with Gasteiger partial charge in [-0.05, 0) is 30.3 Å². The molecule has 1 unspecified atom stereocenters. The van der Waals surface area contributed by atoms with Crippen LogP contribution in [0.4, 0.5) is 0 Å². The Kier molecular flexibility index (Phi) is 4.34. The van der Waals surface area contributed by atoms with Crippen molar-refractivity contribution in [2.24, 2.45) is 0 Å². The number of benzene rings is 1. The van der Waals surface area contributed by atoms with Crippen LogP contribution < -0.4 is 10.1 Å². The molecule has 0 radical (unpaired) electrons. The zero-order valence-corrected chi connectivity index (χ0v) is 13.0. The minimum atomic E-state index is -0.321. The summed E-state index contributed by atoms with van der Waals surface area (Å²) in [6, 6.07) is 11.0. The molecule has 0 saturated heterocycles. The van der Waals surface area contributed by atoms with Crippen molar-refractivity contribution in [3.05, 3.63) is 54.1 Å². The first-order chi connectivity index (χ1) is 11.2. The van der Waals surface area contributed by atoms with Gasteiger partial charge in [-0.1, -0.05) is 0 Å². The Morgan fingerprint density at radius 1 is 1.30 bits per heavy atom. The van der Waals surface area contributed by atoms with E-state index in [-0.39, 0.29) is 12.0 Å². The number of rotatable bonds is 6. The summed E-state index contributed by atoms with van der Waals surface area (Å²) in [5, 5.41) is 3.79. The van der Waals surface area contributed by atoms with Crippen LogP contribution in [-0.4, -0.2) is 31.7 Å². The molecule has 1 atom stereocenters. The minimum Gasteiger partial charge on any atom is -0.497 e. The van der Waals surface area contributed by atoms with Crippen LogP contribution in [-0.2, 0) is 4.74 Å². The summed E-state index contributed by atoms with van der Waals surface area (Å²) in [5.74, 6) is 1.21. The maximum atomic E-state index is 12.3. The van der Waals surface area contributed by atoms with Gasteiger partial charge in [0.05, 0.1) is 19.9 Å². The van der Waals surface area contributed by atoms with Gasteiger partial charge < -0.3 is 24.2 Å². The van der Waals surface area contributed by atoms with E-state index in [1.807, 2.05) is 24.3 Å². The fourth-order valence-electron chi connectivity index (χ4n) is 2.41. The number of carbonyl (C=O) groups excluding carboxylic acids is 1. The van der Waals surface area contributed by atoms with E-state index in [9.17, 15) is 4.79 Å². The average Bonchev–Trinajstić information content (AvgIpc) is 3.24. The zero-order valence-electron chi connectivity index (χ0n) is 13.0. The summed E-state index contributed by atoms with van der Waals surface area (Å²) in [6.07, 6.45) is 1.26. The first kappa shape index (κ1) is 15.2. The van der Waals surface area contributed by atoms with Gasteiger partial charge in [-0.3, -0.25) is 4.79 Å². The molecular weight excluding hydrogens is 296 g/mol. The predicted octanol–water partition coefficient (Wildman–Crippen LogP) is 2.89. The van der Waals surface area contributed by atoms with Gasteiger partial charge in [0.25, 0.3) is 5.91 Å². The normalized spacial score (nSPS) is 12.3. The van der Waals surface area contributed by atoms with E-state index in [1.165, 1.54) is 0 Å². The number of fused-ring (bicyclic) bond motifs is 1. The molecule has 1 aromatic carbocycles. The van der Waals surface area contributed by atoms with Crippen molar-refractivity contribution in [1.29, 1.82) is 0 Å². The van der Waals surface area contributed by atoms with Gasteiger partial charge in [0, 0.05) is 24.1 Å². The van der Waals surface area contributed by atoms with Gasteiger partial charge in [-0.25, -0.2) is 0 Å². The summed E-state index contributed by atoms with van der Waals surface area (Å²) in [4.78, 5) is 15.4. The number of furan rings is 1. The number of methoxy groups -OCH3 is 2. The minimum absolute atomic E-state index is 0.200. The fourth-order valence-corrected chi connectivity index (χ4v) is 2.41. The molecule has 0 aliphatic rings. The first-order valence-corrected chi connectivity index (χ1v) is 7.22. The number of hydrogen-bond donors (Lipinski definition) is 2. The molecule has 0 fully saturated rings. The Morgan fingerprint density at radius 2 is 2.17 bits per heavy atom. The summed E-state index contributed by atoms with van der Waals surface area (Å²) < 4.78 is 15.8. The molecular formula is C17H18N2O4. The van der Waals surface area contributed by atoms with Crippen LogP contribution in [0.5, 0.6) is 5.75 Å². The SMILES string of the molecule is COc1ccc2cc(C(=O)NCC(OC)c3ccco3)[nH]c2c1. The third-order valence-electron chi connectivity index (χ3n) is 3.67. The second-order valence-corrected chi connectivity index (χ2v) is 5.09. The summed E-state index contributed by atoms with van der Waals surface area (Å²) in [7, 11) is 3.19. The number of aromatic nitrogens is 1. The molecule has 1 amide bonds. The van der Waals surface area contributed by atoms with Gasteiger partial charge in [0.1, 0.15) is 23.3 Å². The van der Waals surface area contributed by atoms with Crippen molar-refractivity contribution in [3.8, 4) is 5.75 Å². The highest BCUT2D eigenvalue weighted by Crippen LogP contribution is 2.21. The van der Waals surface area contributed by atoms with Crippen LogP contribution in [0.15, 0.2) is 47.1 Å². The van der Waals surface area contributed by atoms with E-state index < -0.39 is 0 Å². The summed E-state index contributed by atoms with van der Waals surface area (Å²) in [6.45, 7) is 0.321.